The summed E-state index contributed by atoms with van der Waals surface area (Å²) in [4.78, 5) is 24.0. The maximum absolute atomic E-state index is 12.1. The number of fused-ring (bicyclic) bond motifs is 1. The number of thiophene rings is 1. The highest BCUT2D eigenvalue weighted by Crippen LogP contribution is 2.26. The van der Waals surface area contributed by atoms with Gasteiger partial charge in [-0.3, -0.25) is 4.79 Å². The number of esters is 2. The molecule has 2 rings (SSSR count). The molecule has 0 unspecified atom stereocenters. The molecule has 0 radical (unpaired) electrons. The quantitative estimate of drug-likeness (QED) is 0.812. The first-order chi connectivity index (χ1) is 9.52. The van der Waals surface area contributed by atoms with E-state index in [4.69, 9.17) is 4.74 Å². The highest BCUT2D eigenvalue weighted by atomic mass is 32.1. The molecular formula is C15H16O4S. The van der Waals surface area contributed by atoms with Gasteiger partial charge in [0.05, 0.1) is 13.0 Å². The number of hydrogen-bond acceptors (Lipinski definition) is 5. The number of methoxy groups -OCH3 is 1. The van der Waals surface area contributed by atoms with Crippen molar-refractivity contribution in [2.75, 3.05) is 7.11 Å². The normalized spacial score (nSPS) is 13.8. The molecule has 1 aromatic heterocycles. The maximum atomic E-state index is 12.1. The van der Waals surface area contributed by atoms with Crippen LogP contribution in [0, 0.1) is 5.92 Å². The molecule has 5 heteroatoms. The number of carbonyl (C=O) groups is 2. The second kappa shape index (κ2) is 6.05. The Morgan fingerprint density at radius 1 is 1.20 bits per heavy atom. The predicted molar refractivity (Wildman–Crippen MR) is 77.9 cm³/mol. The largest absolute Gasteiger partial charge is 0.469 e. The Balaban J connectivity index is 2.09. The zero-order valence-corrected chi connectivity index (χ0v) is 12.4. The lowest BCUT2D eigenvalue weighted by Gasteiger charge is -2.17. The lowest BCUT2D eigenvalue weighted by molar-refractivity contribution is -0.148. The van der Waals surface area contributed by atoms with Crippen LogP contribution in [0.25, 0.3) is 10.1 Å². The maximum Gasteiger partial charge on any atom is 0.348 e. The van der Waals surface area contributed by atoms with Crippen LogP contribution in [-0.2, 0) is 14.3 Å². The second-order valence-corrected chi connectivity index (χ2v) is 5.65. The van der Waals surface area contributed by atoms with E-state index in [1.165, 1.54) is 18.4 Å². The van der Waals surface area contributed by atoms with Gasteiger partial charge in [-0.25, -0.2) is 4.79 Å². The van der Waals surface area contributed by atoms with Crippen LogP contribution >= 0.6 is 11.3 Å². The molecule has 2 atom stereocenters. The highest BCUT2D eigenvalue weighted by Gasteiger charge is 2.25. The van der Waals surface area contributed by atoms with E-state index in [2.05, 4.69) is 4.74 Å². The highest BCUT2D eigenvalue weighted by molar-refractivity contribution is 7.20. The molecule has 0 bridgehead atoms. The fourth-order valence-corrected chi connectivity index (χ4v) is 2.73. The first-order valence-corrected chi connectivity index (χ1v) is 7.12. The van der Waals surface area contributed by atoms with Gasteiger partial charge in [0.15, 0.2) is 0 Å². The molecule has 0 saturated carbocycles. The fraction of sp³-hybridized carbons (Fsp3) is 0.333. The van der Waals surface area contributed by atoms with E-state index in [9.17, 15) is 9.59 Å². The third kappa shape index (κ3) is 2.99. The predicted octanol–water partition coefficient (Wildman–Crippen LogP) is 3.26. The van der Waals surface area contributed by atoms with E-state index < -0.39 is 18.0 Å². The summed E-state index contributed by atoms with van der Waals surface area (Å²) in [6.07, 6.45) is -0.528. The average molecular weight is 292 g/mol. The first-order valence-electron chi connectivity index (χ1n) is 6.30. The van der Waals surface area contributed by atoms with Crippen LogP contribution in [0.2, 0.25) is 0 Å². The third-order valence-electron chi connectivity index (χ3n) is 3.20. The van der Waals surface area contributed by atoms with Crippen molar-refractivity contribution in [1.82, 2.24) is 0 Å². The minimum Gasteiger partial charge on any atom is -0.469 e. The van der Waals surface area contributed by atoms with E-state index in [1.807, 2.05) is 24.3 Å². The Hall–Kier alpha value is -1.88. The summed E-state index contributed by atoms with van der Waals surface area (Å²) in [5, 5.41) is 1.01. The molecule has 0 N–H and O–H groups in total. The second-order valence-electron chi connectivity index (χ2n) is 4.57. The summed E-state index contributed by atoms with van der Waals surface area (Å²) in [6.45, 7) is 3.36. The Kier molecular flexibility index (Phi) is 4.39. The Labute approximate surface area is 121 Å². The SMILES string of the molecule is COC(=O)[C@H](C)[C@@H](C)OC(=O)c1cc2ccccc2s1. The molecule has 0 spiro atoms. The van der Waals surface area contributed by atoms with E-state index in [1.54, 1.807) is 19.9 Å². The van der Waals surface area contributed by atoms with Gasteiger partial charge in [0, 0.05) is 4.70 Å². The van der Waals surface area contributed by atoms with Gasteiger partial charge >= 0.3 is 11.9 Å². The minimum absolute atomic E-state index is 0.387. The molecule has 0 amide bonds. The molecule has 106 valence electrons. The van der Waals surface area contributed by atoms with Gasteiger partial charge in [-0.05, 0) is 31.4 Å². The summed E-state index contributed by atoms with van der Waals surface area (Å²) in [7, 11) is 1.32. The average Bonchev–Trinajstić information content (AvgIpc) is 2.89. The van der Waals surface area contributed by atoms with Crippen molar-refractivity contribution in [2.24, 2.45) is 5.92 Å². The topological polar surface area (TPSA) is 52.6 Å². The first kappa shape index (κ1) is 14.5. The number of hydrogen-bond donors (Lipinski definition) is 0. The van der Waals surface area contributed by atoms with Crippen LogP contribution in [0.4, 0.5) is 0 Å². The van der Waals surface area contributed by atoms with Crippen LogP contribution in [0.1, 0.15) is 23.5 Å². The van der Waals surface area contributed by atoms with Crippen LogP contribution in [0.5, 0.6) is 0 Å². The molecule has 1 aromatic carbocycles. The van der Waals surface area contributed by atoms with E-state index in [-0.39, 0.29) is 5.97 Å². The van der Waals surface area contributed by atoms with Gasteiger partial charge < -0.3 is 9.47 Å². The lowest BCUT2D eigenvalue weighted by atomic mass is 10.1. The summed E-state index contributed by atoms with van der Waals surface area (Å²) in [5.74, 6) is -1.28. The minimum atomic E-state index is -0.528. The molecule has 0 aliphatic rings. The van der Waals surface area contributed by atoms with Crippen molar-refractivity contribution in [3.8, 4) is 0 Å². The van der Waals surface area contributed by atoms with Crippen LogP contribution in [0.15, 0.2) is 30.3 Å². The van der Waals surface area contributed by atoms with Crippen molar-refractivity contribution < 1.29 is 19.1 Å². The molecule has 2 aromatic rings. The Bertz CT molecular complexity index is 599. The zero-order valence-electron chi connectivity index (χ0n) is 11.6. The number of benzene rings is 1. The zero-order chi connectivity index (χ0) is 14.7. The summed E-state index contributed by atoms with van der Waals surface area (Å²) >= 11 is 1.38. The van der Waals surface area contributed by atoms with Crippen molar-refractivity contribution in [2.45, 2.75) is 20.0 Å². The molecule has 4 nitrogen and oxygen atoms in total. The Morgan fingerprint density at radius 2 is 1.90 bits per heavy atom. The standard InChI is InChI=1S/C15H16O4S/c1-9(14(16)18-3)10(2)19-15(17)13-8-11-6-4-5-7-12(11)20-13/h4-10H,1-3H3/t9-,10-/m1/s1. The molecular weight excluding hydrogens is 276 g/mol. The van der Waals surface area contributed by atoms with E-state index in [0.717, 1.165) is 10.1 Å². The van der Waals surface area contributed by atoms with Crippen molar-refractivity contribution in [1.29, 1.82) is 0 Å². The van der Waals surface area contributed by atoms with Crippen molar-refractivity contribution in [3.63, 3.8) is 0 Å². The van der Waals surface area contributed by atoms with Gasteiger partial charge in [-0.1, -0.05) is 18.2 Å². The van der Waals surface area contributed by atoms with Crippen LogP contribution in [0.3, 0.4) is 0 Å². The lowest BCUT2D eigenvalue weighted by Crippen LogP contribution is -2.28. The monoisotopic (exact) mass is 292 g/mol. The van der Waals surface area contributed by atoms with Crippen LogP contribution in [-0.4, -0.2) is 25.2 Å². The molecule has 20 heavy (non-hydrogen) atoms. The summed E-state index contributed by atoms with van der Waals surface area (Å²) in [5.41, 5.74) is 0. The number of ether oxygens (including phenoxy) is 2. The van der Waals surface area contributed by atoms with E-state index >= 15 is 0 Å². The van der Waals surface area contributed by atoms with E-state index in [0.29, 0.717) is 4.88 Å². The van der Waals surface area contributed by atoms with Crippen molar-refractivity contribution in [3.05, 3.63) is 35.2 Å². The summed E-state index contributed by atoms with van der Waals surface area (Å²) < 4.78 is 11.0. The van der Waals surface area contributed by atoms with Crippen molar-refractivity contribution >= 4 is 33.4 Å². The van der Waals surface area contributed by atoms with Gasteiger partial charge in [0.2, 0.25) is 0 Å². The van der Waals surface area contributed by atoms with Gasteiger partial charge in [0.1, 0.15) is 11.0 Å². The van der Waals surface area contributed by atoms with Gasteiger partial charge in [0.25, 0.3) is 0 Å². The molecule has 0 fully saturated rings. The molecule has 0 aliphatic heterocycles. The summed E-state index contributed by atoms with van der Waals surface area (Å²) in [6, 6.07) is 9.56. The number of carbonyl (C=O) groups excluding carboxylic acids is 2. The Morgan fingerprint density at radius 3 is 2.55 bits per heavy atom. The molecule has 0 aliphatic carbocycles. The smallest absolute Gasteiger partial charge is 0.348 e. The van der Waals surface area contributed by atoms with Gasteiger partial charge in [-0.2, -0.15) is 0 Å². The number of rotatable bonds is 4. The van der Waals surface area contributed by atoms with Gasteiger partial charge in [-0.15, -0.1) is 11.3 Å². The van der Waals surface area contributed by atoms with Crippen LogP contribution < -0.4 is 0 Å². The molecule has 0 saturated heterocycles. The third-order valence-corrected chi connectivity index (χ3v) is 4.29. The molecule has 1 heterocycles. The fourth-order valence-electron chi connectivity index (χ4n) is 1.79.